The molecule has 70 valence electrons. The predicted molar refractivity (Wildman–Crippen MR) is 56.0 cm³/mol. The Morgan fingerprint density at radius 3 is 2.57 bits per heavy atom. The van der Waals surface area contributed by atoms with Gasteiger partial charge in [-0.3, -0.25) is 9.97 Å². The van der Waals surface area contributed by atoms with Crippen LogP contribution in [0.2, 0.25) is 0 Å². The van der Waals surface area contributed by atoms with Crippen molar-refractivity contribution in [3.63, 3.8) is 0 Å². The lowest BCUT2D eigenvalue weighted by molar-refractivity contribution is 1.04. The molecule has 14 heavy (non-hydrogen) atoms. The van der Waals surface area contributed by atoms with Crippen LogP contribution in [0.4, 0.5) is 0 Å². The molecule has 2 heterocycles. The van der Waals surface area contributed by atoms with Crippen LogP contribution in [0.1, 0.15) is 16.8 Å². The Hall–Kier alpha value is -1.70. The number of hydrogen-bond donors (Lipinski definition) is 0. The van der Waals surface area contributed by atoms with Crippen LogP contribution in [-0.4, -0.2) is 9.97 Å². The van der Waals surface area contributed by atoms with Crippen molar-refractivity contribution >= 4 is 0 Å². The highest BCUT2D eigenvalue weighted by Gasteiger charge is 1.99. The molecule has 0 radical (unpaired) electrons. The van der Waals surface area contributed by atoms with Gasteiger partial charge in [0.25, 0.3) is 0 Å². The molecule has 0 fully saturated rings. The fraction of sp³-hybridized carbons (Fsp3) is 0.167. The molecule has 0 saturated carbocycles. The van der Waals surface area contributed by atoms with E-state index in [9.17, 15) is 0 Å². The van der Waals surface area contributed by atoms with Crippen LogP contribution in [0.5, 0.6) is 0 Å². The summed E-state index contributed by atoms with van der Waals surface area (Å²) in [6, 6.07) is 8.09. The van der Waals surface area contributed by atoms with Gasteiger partial charge in [-0.25, -0.2) is 0 Å². The van der Waals surface area contributed by atoms with Crippen LogP contribution < -0.4 is 0 Å². The number of aromatic nitrogens is 2. The Kier molecular flexibility index (Phi) is 2.54. The van der Waals surface area contributed by atoms with Gasteiger partial charge in [-0.1, -0.05) is 6.07 Å². The molecule has 2 aromatic heterocycles. The summed E-state index contributed by atoms with van der Waals surface area (Å²) in [4.78, 5) is 8.34. The third-order valence-corrected chi connectivity index (χ3v) is 2.24. The minimum atomic E-state index is 0.884. The molecule has 2 heteroatoms. The van der Waals surface area contributed by atoms with Gasteiger partial charge in [0.2, 0.25) is 0 Å². The van der Waals surface area contributed by atoms with Crippen LogP contribution in [0.3, 0.4) is 0 Å². The summed E-state index contributed by atoms with van der Waals surface area (Å²) in [7, 11) is 0. The lowest BCUT2D eigenvalue weighted by atomic mass is 10.1. The van der Waals surface area contributed by atoms with E-state index in [-0.39, 0.29) is 0 Å². The second kappa shape index (κ2) is 4.01. The van der Waals surface area contributed by atoms with Gasteiger partial charge in [-0.05, 0) is 36.2 Å². The molecule has 0 aliphatic rings. The van der Waals surface area contributed by atoms with Crippen molar-refractivity contribution in [1.82, 2.24) is 9.97 Å². The van der Waals surface area contributed by atoms with E-state index in [1.807, 2.05) is 36.8 Å². The minimum absolute atomic E-state index is 0.884. The monoisotopic (exact) mass is 184 g/mol. The van der Waals surface area contributed by atoms with Gasteiger partial charge in [0.1, 0.15) is 0 Å². The van der Waals surface area contributed by atoms with Crippen molar-refractivity contribution in [2.75, 3.05) is 0 Å². The first-order chi connectivity index (χ1) is 6.86. The second-order valence-electron chi connectivity index (χ2n) is 3.30. The normalized spacial score (nSPS) is 10.1. The first kappa shape index (κ1) is 8.88. The molecule has 0 aromatic carbocycles. The lowest BCUT2D eigenvalue weighted by Gasteiger charge is -2.03. The van der Waals surface area contributed by atoms with Crippen LogP contribution in [-0.2, 0) is 6.42 Å². The number of aryl methyl sites for hydroxylation is 1. The topological polar surface area (TPSA) is 25.8 Å². The van der Waals surface area contributed by atoms with Crippen molar-refractivity contribution in [3.05, 3.63) is 59.7 Å². The van der Waals surface area contributed by atoms with Gasteiger partial charge in [0, 0.05) is 30.7 Å². The largest absolute Gasteiger partial charge is 0.265 e. The minimum Gasteiger partial charge on any atom is -0.265 e. The predicted octanol–water partition coefficient (Wildman–Crippen LogP) is 2.38. The summed E-state index contributed by atoms with van der Waals surface area (Å²) in [6.07, 6.45) is 6.35. The van der Waals surface area contributed by atoms with Crippen LogP contribution >= 0.6 is 0 Å². The van der Waals surface area contributed by atoms with Crippen molar-refractivity contribution in [1.29, 1.82) is 0 Å². The van der Waals surface area contributed by atoms with Crippen LogP contribution in [0.15, 0.2) is 42.9 Å². The first-order valence-corrected chi connectivity index (χ1v) is 4.65. The highest BCUT2D eigenvalue weighted by Crippen LogP contribution is 2.09. The molecule has 0 unspecified atom stereocenters. The Morgan fingerprint density at radius 1 is 1.07 bits per heavy atom. The molecule has 0 amide bonds. The zero-order chi connectivity index (χ0) is 9.80. The summed E-state index contributed by atoms with van der Waals surface area (Å²) >= 11 is 0. The van der Waals surface area contributed by atoms with Crippen molar-refractivity contribution in [3.8, 4) is 0 Å². The van der Waals surface area contributed by atoms with Crippen molar-refractivity contribution in [2.45, 2.75) is 13.3 Å². The van der Waals surface area contributed by atoms with E-state index in [0.717, 1.165) is 12.1 Å². The smallest absolute Gasteiger partial charge is 0.0476 e. The Morgan fingerprint density at radius 2 is 1.86 bits per heavy atom. The molecule has 0 spiro atoms. The van der Waals surface area contributed by atoms with Gasteiger partial charge in [0.15, 0.2) is 0 Å². The van der Waals surface area contributed by atoms with Gasteiger partial charge < -0.3 is 0 Å². The van der Waals surface area contributed by atoms with Crippen molar-refractivity contribution < 1.29 is 0 Å². The van der Waals surface area contributed by atoms with Crippen LogP contribution in [0, 0.1) is 6.92 Å². The fourth-order valence-electron chi connectivity index (χ4n) is 1.40. The van der Waals surface area contributed by atoms with Crippen LogP contribution in [0.25, 0.3) is 0 Å². The molecule has 0 saturated heterocycles. The zero-order valence-electron chi connectivity index (χ0n) is 8.14. The van der Waals surface area contributed by atoms with E-state index in [1.54, 1.807) is 0 Å². The molecule has 2 rings (SSSR count). The highest BCUT2D eigenvalue weighted by molar-refractivity contribution is 5.25. The van der Waals surface area contributed by atoms with Gasteiger partial charge in [0.05, 0.1) is 0 Å². The Labute approximate surface area is 83.7 Å². The third kappa shape index (κ3) is 1.96. The number of nitrogens with zero attached hydrogens (tertiary/aromatic N) is 2. The molecule has 2 nitrogen and oxygen atoms in total. The van der Waals surface area contributed by atoms with Gasteiger partial charge >= 0.3 is 0 Å². The zero-order valence-corrected chi connectivity index (χ0v) is 8.14. The maximum Gasteiger partial charge on any atom is 0.0476 e. The van der Waals surface area contributed by atoms with Crippen molar-refractivity contribution in [2.24, 2.45) is 0 Å². The summed E-state index contributed by atoms with van der Waals surface area (Å²) in [5.41, 5.74) is 3.63. The number of pyridine rings is 2. The maximum absolute atomic E-state index is 4.35. The summed E-state index contributed by atoms with van der Waals surface area (Å²) in [5, 5.41) is 0. The lowest BCUT2D eigenvalue weighted by Crippen LogP contribution is -1.94. The van der Waals surface area contributed by atoms with E-state index in [0.29, 0.717) is 0 Å². The standard InChI is InChI=1S/C12H12N2/c1-10-3-2-6-14-12(10)9-11-4-7-13-8-5-11/h2-8H,9H2,1H3. The molecule has 0 N–H and O–H groups in total. The number of hydrogen-bond acceptors (Lipinski definition) is 2. The maximum atomic E-state index is 4.35. The summed E-state index contributed by atoms with van der Waals surface area (Å²) < 4.78 is 0. The Bertz CT molecular complexity index is 410. The SMILES string of the molecule is Cc1cccnc1Cc1ccncc1. The van der Waals surface area contributed by atoms with Gasteiger partial charge in [-0.2, -0.15) is 0 Å². The second-order valence-corrected chi connectivity index (χ2v) is 3.30. The quantitative estimate of drug-likeness (QED) is 0.716. The average molecular weight is 184 g/mol. The van der Waals surface area contributed by atoms with E-state index in [2.05, 4.69) is 23.0 Å². The molecule has 0 aliphatic heterocycles. The number of rotatable bonds is 2. The Balaban J connectivity index is 2.24. The third-order valence-electron chi connectivity index (χ3n) is 2.24. The first-order valence-electron chi connectivity index (χ1n) is 4.65. The highest BCUT2D eigenvalue weighted by atomic mass is 14.7. The van der Waals surface area contributed by atoms with E-state index < -0.39 is 0 Å². The molecular weight excluding hydrogens is 172 g/mol. The summed E-state index contributed by atoms with van der Waals surface area (Å²) in [6.45, 7) is 2.09. The van der Waals surface area contributed by atoms with E-state index >= 15 is 0 Å². The molecule has 0 bridgehead atoms. The molecular formula is C12H12N2. The molecule has 0 atom stereocenters. The summed E-state index contributed by atoms with van der Waals surface area (Å²) in [5.74, 6) is 0. The average Bonchev–Trinajstić information content (AvgIpc) is 2.23. The van der Waals surface area contributed by atoms with E-state index in [1.165, 1.54) is 11.1 Å². The molecule has 2 aromatic rings. The molecule has 0 aliphatic carbocycles. The fourth-order valence-corrected chi connectivity index (χ4v) is 1.40. The van der Waals surface area contributed by atoms with E-state index in [4.69, 9.17) is 0 Å². The van der Waals surface area contributed by atoms with Gasteiger partial charge in [-0.15, -0.1) is 0 Å².